The first kappa shape index (κ1) is 22.0. The zero-order valence-corrected chi connectivity index (χ0v) is 18.6. The van der Waals surface area contributed by atoms with Gasteiger partial charge in [0, 0.05) is 30.9 Å². The van der Waals surface area contributed by atoms with E-state index in [1.165, 1.54) is 24.3 Å². The Labute approximate surface area is 187 Å². The maximum atomic E-state index is 13.6. The number of hydrogen-bond acceptors (Lipinski definition) is 4. The summed E-state index contributed by atoms with van der Waals surface area (Å²) in [5.74, 6) is 1.24. The van der Waals surface area contributed by atoms with Crippen LogP contribution >= 0.6 is 0 Å². The molecule has 2 N–H and O–H groups in total. The molecule has 0 aliphatic carbocycles. The van der Waals surface area contributed by atoms with E-state index >= 15 is 0 Å². The second-order valence-corrected chi connectivity index (χ2v) is 8.32. The maximum absolute atomic E-state index is 13.6. The van der Waals surface area contributed by atoms with Crippen molar-refractivity contribution in [3.63, 3.8) is 0 Å². The minimum atomic E-state index is -0.447. The standard InChI is InChI=1S/C25H28F2N4O/c1-4-5-20(16-28)31-15-14-30-23(32-21-12-10-19(27)11-13-21)22(29-24(30)25(31,2)3)17-6-8-18(26)9-7-17/h5-13H,4,14-16,28H2,1-3H3/b20-5+. The Kier molecular flexibility index (Phi) is 6.02. The Morgan fingerprint density at radius 1 is 1.06 bits per heavy atom. The number of imidazole rings is 1. The summed E-state index contributed by atoms with van der Waals surface area (Å²) in [5.41, 5.74) is 8.06. The van der Waals surface area contributed by atoms with Crippen molar-refractivity contribution in [2.75, 3.05) is 13.1 Å². The van der Waals surface area contributed by atoms with Crippen LogP contribution in [0.2, 0.25) is 0 Å². The summed E-state index contributed by atoms with van der Waals surface area (Å²) in [5, 5.41) is 0. The van der Waals surface area contributed by atoms with Crippen LogP contribution in [0.4, 0.5) is 8.78 Å². The monoisotopic (exact) mass is 438 g/mol. The highest BCUT2D eigenvalue weighted by molar-refractivity contribution is 5.66. The van der Waals surface area contributed by atoms with E-state index in [2.05, 4.69) is 36.3 Å². The molecule has 32 heavy (non-hydrogen) atoms. The van der Waals surface area contributed by atoms with Gasteiger partial charge in [-0.15, -0.1) is 0 Å². The van der Waals surface area contributed by atoms with Crippen molar-refractivity contribution >= 4 is 0 Å². The first-order chi connectivity index (χ1) is 15.3. The summed E-state index contributed by atoms with van der Waals surface area (Å²) in [4.78, 5) is 7.26. The van der Waals surface area contributed by atoms with Crippen LogP contribution in [0.5, 0.6) is 11.6 Å². The van der Waals surface area contributed by atoms with E-state index in [0.29, 0.717) is 30.4 Å². The minimum absolute atomic E-state index is 0.317. The van der Waals surface area contributed by atoms with Gasteiger partial charge in [0.2, 0.25) is 5.88 Å². The predicted octanol–water partition coefficient (Wildman–Crippen LogP) is 5.42. The molecule has 0 unspecified atom stereocenters. The fourth-order valence-electron chi connectivity index (χ4n) is 4.27. The summed E-state index contributed by atoms with van der Waals surface area (Å²) < 4.78 is 35.3. The van der Waals surface area contributed by atoms with E-state index in [-0.39, 0.29) is 11.6 Å². The van der Waals surface area contributed by atoms with E-state index in [1.54, 1.807) is 24.3 Å². The van der Waals surface area contributed by atoms with Gasteiger partial charge in [-0.1, -0.05) is 13.0 Å². The lowest BCUT2D eigenvalue weighted by molar-refractivity contribution is 0.113. The predicted molar refractivity (Wildman–Crippen MR) is 121 cm³/mol. The Bertz CT molecular complexity index is 1120. The van der Waals surface area contributed by atoms with Crippen molar-refractivity contribution in [3.8, 4) is 22.9 Å². The molecule has 1 aromatic heterocycles. The molecule has 0 radical (unpaired) electrons. The number of ether oxygens (including phenoxy) is 1. The summed E-state index contributed by atoms with van der Waals surface area (Å²) >= 11 is 0. The highest BCUT2D eigenvalue weighted by Gasteiger charge is 2.40. The smallest absolute Gasteiger partial charge is 0.228 e. The molecule has 0 bridgehead atoms. The Balaban J connectivity index is 1.84. The highest BCUT2D eigenvalue weighted by Crippen LogP contribution is 2.42. The van der Waals surface area contributed by atoms with Crippen LogP contribution in [0.15, 0.2) is 60.3 Å². The number of hydrogen-bond donors (Lipinski definition) is 1. The van der Waals surface area contributed by atoms with Crippen LogP contribution in [0, 0.1) is 11.6 Å². The van der Waals surface area contributed by atoms with E-state index < -0.39 is 5.54 Å². The van der Waals surface area contributed by atoms with Crippen LogP contribution in [-0.4, -0.2) is 27.5 Å². The zero-order chi connectivity index (χ0) is 22.9. The molecule has 7 heteroatoms. The van der Waals surface area contributed by atoms with E-state index in [9.17, 15) is 8.78 Å². The summed E-state index contributed by atoms with van der Waals surface area (Å²) in [6.07, 6.45) is 3.05. The largest absolute Gasteiger partial charge is 0.438 e. The molecule has 0 atom stereocenters. The number of fused-ring (bicyclic) bond motifs is 1. The fraction of sp³-hybridized carbons (Fsp3) is 0.320. The average molecular weight is 439 g/mol. The molecule has 168 valence electrons. The van der Waals surface area contributed by atoms with Gasteiger partial charge in [0.1, 0.15) is 28.9 Å². The third-order valence-corrected chi connectivity index (χ3v) is 5.83. The van der Waals surface area contributed by atoms with Crippen LogP contribution in [0.25, 0.3) is 11.3 Å². The molecular formula is C25H28F2N4O. The molecule has 1 aliphatic heterocycles. The third-order valence-electron chi connectivity index (χ3n) is 5.83. The second-order valence-electron chi connectivity index (χ2n) is 8.32. The number of nitrogens with zero attached hydrogens (tertiary/aromatic N) is 3. The number of benzene rings is 2. The van der Waals surface area contributed by atoms with Gasteiger partial charge in [-0.05, 0) is 68.8 Å². The van der Waals surface area contributed by atoms with Gasteiger partial charge in [-0.2, -0.15) is 0 Å². The van der Waals surface area contributed by atoms with Crippen molar-refractivity contribution in [2.45, 2.75) is 39.3 Å². The molecule has 2 aromatic carbocycles. The zero-order valence-electron chi connectivity index (χ0n) is 18.6. The lowest BCUT2D eigenvalue weighted by atomic mass is 9.97. The van der Waals surface area contributed by atoms with Crippen LogP contribution in [0.3, 0.4) is 0 Å². The van der Waals surface area contributed by atoms with Gasteiger partial charge in [0.25, 0.3) is 0 Å². The first-order valence-corrected chi connectivity index (χ1v) is 10.8. The SMILES string of the molecule is CC/C=C(\CN)N1CCn2c(nc(-c3ccc(F)cc3)c2Oc2ccc(F)cc2)C1(C)C. The Hall–Kier alpha value is -3.19. The van der Waals surface area contributed by atoms with Gasteiger partial charge in [-0.3, -0.25) is 4.57 Å². The Morgan fingerprint density at radius 3 is 2.28 bits per heavy atom. The van der Waals surface area contributed by atoms with E-state index in [0.717, 1.165) is 30.1 Å². The minimum Gasteiger partial charge on any atom is -0.438 e. The number of allylic oxidation sites excluding steroid dienone is 1. The normalized spacial score (nSPS) is 15.6. The molecular weight excluding hydrogens is 410 g/mol. The molecule has 2 heterocycles. The van der Waals surface area contributed by atoms with Crippen molar-refractivity contribution in [1.29, 1.82) is 0 Å². The number of rotatable bonds is 6. The third kappa shape index (κ3) is 4.00. The van der Waals surface area contributed by atoms with E-state index in [4.69, 9.17) is 15.5 Å². The van der Waals surface area contributed by atoms with Crippen molar-refractivity contribution in [3.05, 3.63) is 77.8 Å². The lowest BCUT2D eigenvalue weighted by Gasteiger charge is -2.45. The molecule has 0 spiro atoms. The second kappa shape index (κ2) is 8.74. The lowest BCUT2D eigenvalue weighted by Crippen LogP contribution is -2.49. The summed E-state index contributed by atoms with van der Waals surface area (Å²) in [6.45, 7) is 8.14. The number of nitrogens with two attached hydrogens (primary N) is 1. The number of aromatic nitrogens is 2. The van der Waals surface area contributed by atoms with E-state index in [1.807, 2.05) is 0 Å². The molecule has 4 rings (SSSR count). The summed E-state index contributed by atoms with van der Waals surface area (Å²) in [7, 11) is 0. The molecule has 0 amide bonds. The molecule has 5 nitrogen and oxygen atoms in total. The van der Waals surface area contributed by atoms with Gasteiger partial charge in [-0.25, -0.2) is 13.8 Å². The van der Waals surface area contributed by atoms with Crippen molar-refractivity contribution in [1.82, 2.24) is 14.5 Å². The molecule has 0 fully saturated rings. The van der Waals surface area contributed by atoms with Crippen LogP contribution in [0.1, 0.15) is 33.0 Å². The fourth-order valence-corrected chi connectivity index (χ4v) is 4.27. The van der Waals surface area contributed by atoms with Crippen LogP contribution < -0.4 is 10.5 Å². The van der Waals surface area contributed by atoms with Gasteiger partial charge in [0.15, 0.2) is 0 Å². The molecule has 1 aliphatic rings. The molecule has 0 saturated carbocycles. The highest BCUT2D eigenvalue weighted by atomic mass is 19.1. The molecule has 0 saturated heterocycles. The molecule has 3 aromatic rings. The van der Waals surface area contributed by atoms with Gasteiger partial charge < -0.3 is 15.4 Å². The quantitative estimate of drug-likeness (QED) is 0.558. The van der Waals surface area contributed by atoms with Crippen LogP contribution in [-0.2, 0) is 12.1 Å². The summed E-state index contributed by atoms with van der Waals surface area (Å²) in [6, 6.07) is 12.1. The van der Waals surface area contributed by atoms with Gasteiger partial charge >= 0.3 is 0 Å². The first-order valence-electron chi connectivity index (χ1n) is 10.8. The number of halogens is 2. The van der Waals surface area contributed by atoms with Gasteiger partial charge in [0.05, 0.1) is 5.54 Å². The average Bonchev–Trinajstić information content (AvgIpc) is 3.14. The topological polar surface area (TPSA) is 56.3 Å². The van der Waals surface area contributed by atoms with Crippen molar-refractivity contribution < 1.29 is 13.5 Å². The van der Waals surface area contributed by atoms with Crippen molar-refractivity contribution in [2.24, 2.45) is 5.73 Å². The maximum Gasteiger partial charge on any atom is 0.228 e. The Morgan fingerprint density at radius 2 is 1.69 bits per heavy atom.